The van der Waals surface area contributed by atoms with E-state index in [1.54, 1.807) is 6.07 Å². The van der Waals surface area contributed by atoms with Crippen molar-refractivity contribution in [2.45, 2.75) is 0 Å². The third-order valence-corrected chi connectivity index (χ3v) is 2.96. The number of fused-ring (bicyclic) bond motifs is 2. The summed E-state index contributed by atoms with van der Waals surface area (Å²) in [5.74, 6) is 1.21. The Hall–Kier alpha value is -2.56. The quantitative estimate of drug-likeness (QED) is 0.567. The molecule has 2 aromatic rings. The highest BCUT2D eigenvalue weighted by molar-refractivity contribution is 5.78. The van der Waals surface area contributed by atoms with Crippen molar-refractivity contribution in [2.75, 3.05) is 11.9 Å². The molecule has 90 valence electrons. The SMILES string of the molecule is CN1c2ccccc2Oc2cc([N+](=O)[O-])ccc21. The van der Waals surface area contributed by atoms with E-state index >= 15 is 0 Å². The average Bonchev–Trinajstić information content (AvgIpc) is 2.38. The number of para-hydroxylation sites is 2. The molecular weight excluding hydrogens is 232 g/mol. The summed E-state index contributed by atoms with van der Waals surface area (Å²) in [6.45, 7) is 0. The number of hydrogen-bond donors (Lipinski definition) is 0. The Kier molecular flexibility index (Phi) is 2.19. The minimum Gasteiger partial charge on any atom is -0.453 e. The van der Waals surface area contributed by atoms with Gasteiger partial charge in [0.25, 0.3) is 5.69 Å². The zero-order chi connectivity index (χ0) is 12.7. The molecule has 0 radical (unpaired) electrons. The van der Waals surface area contributed by atoms with Gasteiger partial charge in [-0.15, -0.1) is 0 Å². The average molecular weight is 242 g/mol. The summed E-state index contributed by atoms with van der Waals surface area (Å²) < 4.78 is 5.69. The highest BCUT2D eigenvalue weighted by Crippen LogP contribution is 2.46. The second-order valence-corrected chi connectivity index (χ2v) is 4.04. The smallest absolute Gasteiger partial charge is 0.273 e. The number of rotatable bonds is 1. The lowest BCUT2D eigenvalue weighted by molar-refractivity contribution is -0.384. The Morgan fingerprint density at radius 2 is 1.83 bits per heavy atom. The van der Waals surface area contributed by atoms with Crippen molar-refractivity contribution in [3.63, 3.8) is 0 Å². The van der Waals surface area contributed by atoms with Gasteiger partial charge in [0.2, 0.25) is 0 Å². The molecule has 5 nitrogen and oxygen atoms in total. The summed E-state index contributed by atoms with van der Waals surface area (Å²) in [6.07, 6.45) is 0. The summed E-state index contributed by atoms with van der Waals surface area (Å²) in [6, 6.07) is 12.2. The van der Waals surface area contributed by atoms with E-state index in [0.29, 0.717) is 11.5 Å². The Balaban J connectivity index is 2.13. The van der Waals surface area contributed by atoms with Gasteiger partial charge in [0.15, 0.2) is 11.5 Å². The summed E-state index contributed by atoms with van der Waals surface area (Å²) in [5.41, 5.74) is 1.79. The molecule has 0 aromatic heterocycles. The molecule has 0 fully saturated rings. The van der Waals surface area contributed by atoms with E-state index in [4.69, 9.17) is 4.74 Å². The molecule has 2 aromatic carbocycles. The number of nitro groups is 1. The lowest BCUT2D eigenvalue weighted by Crippen LogP contribution is -2.15. The molecule has 0 unspecified atom stereocenters. The summed E-state index contributed by atoms with van der Waals surface area (Å²) >= 11 is 0. The molecule has 1 aliphatic heterocycles. The molecule has 0 saturated carbocycles. The van der Waals surface area contributed by atoms with Crippen LogP contribution in [-0.4, -0.2) is 12.0 Å². The van der Waals surface area contributed by atoms with E-state index in [-0.39, 0.29) is 5.69 Å². The molecule has 0 N–H and O–H groups in total. The number of ether oxygens (including phenoxy) is 1. The number of nitrogens with zero attached hydrogens (tertiary/aromatic N) is 2. The van der Waals surface area contributed by atoms with Crippen molar-refractivity contribution in [3.05, 3.63) is 52.6 Å². The second kappa shape index (κ2) is 3.73. The lowest BCUT2D eigenvalue weighted by Gasteiger charge is -2.29. The first-order valence-electron chi connectivity index (χ1n) is 5.46. The molecule has 0 amide bonds. The van der Waals surface area contributed by atoms with Gasteiger partial charge in [0, 0.05) is 13.1 Å². The van der Waals surface area contributed by atoms with Crippen LogP contribution in [0.2, 0.25) is 0 Å². The topological polar surface area (TPSA) is 55.6 Å². The third-order valence-electron chi connectivity index (χ3n) is 2.96. The first-order chi connectivity index (χ1) is 8.66. The van der Waals surface area contributed by atoms with E-state index in [1.165, 1.54) is 12.1 Å². The molecule has 0 spiro atoms. The van der Waals surface area contributed by atoms with Crippen LogP contribution >= 0.6 is 0 Å². The van der Waals surface area contributed by atoms with E-state index in [2.05, 4.69) is 0 Å². The summed E-state index contributed by atoms with van der Waals surface area (Å²) in [4.78, 5) is 12.3. The summed E-state index contributed by atoms with van der Waals surface area (Å²) in [7, 11) is 1.91. The van der Waals surface area contributed by atoms with Crippen LogP contribution in [0, 0.1) is 10.1 Å². The van der Waals surface area contributed by atoms with Gasteiger partial charge >= 0.3 is 0 Å². The highest BCUT2D eigenvalue weighted by Gasteiger charge is 2.23. The van der Waals surface area contributed by atoms with Crippen molar-refractivity contribution in [2.24, 2.45) is 0 Å². The van der Waals surface area contributed by atoms with Gasteiger partial charge in [-0.25, -0.2) is 0 Å². The maximum Gasteiger partial charge on any atom is 0.273 e. The van der Waals surface area contributed by atoms with Gasteiger partial charge in [-0.2, -0.15) is 0 Å². The van der Waals surface area contributed by atoms with Gasteiger partial charge in [-0.3, -0.25) is 10.1 Å². The largest absolute Gasteiger partial charge is 0.453 e. The number of anilines is 2. The van der Waals surface area contributed by atoms with Gasteiger partial charge in [0.05, 0.1) is 22.4 Å². The minimum atomic E-state index is -0.426. The normalized spacial score (nSPS) is 12.4. The Morgan fingerprint density at radius 1 is 1.11 bits per heavy atom. The van der Waals surface area contributed by atoms with Crippen molar-refractivity contribution < 1.29 is 9.66 Å². The zero-order valence-corrected chi connectivity index (χ0v) is 9.66. The Morgan fingerprint density at radius 3 is 2.61 bits per heavy atom. The van der Waals surface area contributed by atoms with Crippen LogP contribution in [0.3, 0.4) is 0 Å². The number of hydrogen-bond acceptors (Lipinski definition) is 4. The highest BCUT2D eigenvalue weighted by atomic mass is 16.6. The van der Waals surface area contributed by atoms with Crippen LogP contribution < -0.4 is 9.64 Å². The number of non-ortho nitro benzene ring substituents is 1. The van der Waals surface area contributed by atoms with Crippen LogP contribution in [0.25, 0.3) is 0 Å². The molecule has 0 aliphatic carbocycles. The standard InChI is InChI=1S/C13H10N2O3/c1-14-10-4-2-3-5-12(10)18-13-8-9(15(16)17)6-7-11(13)14/h2-8H,1H3. The maximum atomic E-state index is 10.8. The van der Waals surface area contributed by atoms with Crippen molar-refractivity contribution in [1.29, 1.82) is 0 Å². The fourth-order valence-electron chi connectivity index (χ4n) is 2.04. The fraction of sp³-hybridized carbons (Fsp3) is 0.0769. The van der Waals surface area contributed by atoms with Crippen molar-refractivity contribution in [1.82, 2.24) is 0 Å². The predicted octanol–water partition coefficient (Wildman–Crippen LogP) is 3.47. The van der Waals surface area contributed by atoms with Crippen LogP contribution in [0.15, 0.2) is 42.5 Å². The van der Waals surface area contributed by atoms with Crippen LogP contribution in [0.4, 0.5) is 17.1 Å². The van der Waals surface area contributed by atoms with Gasteiger partial charge in [-0.1, -0.05) is 12.1 Å². The van der Waals surface area contributed by atoms with Gasteiger partial charge < -0.3 is 9.64 Å². The van der Waals surface area contributed by atoms with Gasteiger partial charge in [-0.05, 0) is 18.2 Å². The first-order valence-corrected chi connectivity index (χ1v) is 5.46. The molecule has 1 aliphatic rings. The molecule has 3 rings (SSSR count). The third kappa shape index (κ3) is 1.48. The fourth-order valence-corrected chi connectivity index (χ4v) is 2.04. The van der Waals surface area contributed by atoms with Crippen LogP contribution in [0.1, 0.15) is 0 Å². The molecule has 5 heteroatoms. The maximum absolute atomic E-state index is 10.8. The predicted molar refractivity (Wildman–Crippen MR) is 67.7 cm³/mol. The Labute approximate surface area is 103 Å². The monoisotopic (exact) mass is 242 g/mol. The summed E-state index contributed by atoms with van der Waals surface area (Å²) in [5, 5.41) is 10.8. The molecule has 18 heavy (non-hydrogen) atoms. The number of benzene rings is 2. The molecule has 0 bridgehead atoms. The van der Waals surface area contributed by atoms with Crippen LogP contribution in [-0.2, 0) is 0 Å². The van der Waals surface area contributed by atoms with Crippen molar-refractivity contribution in [3.8, 4) is 11.5 Å². The molecule has 0 atom stereocenters. The van der Waals surface area contributed by atoms with E-state index in [0.717, 1.165) is 11.4 Å². The van der Waals surface area contributed by atoms with E-state index in [9.17, 15) is 10.1 Å². The second-order valence-electron chi connectivity index (χ2n) is 4.04. The molecule has 1 heterocycles. The zero-order valence-electron chi connectivity index (χ0n) is 9.66. The lowest BCUT2D eigenvalue weighted by atomic mass is 10.1. The van der Waals surface area contributed by atoms with E-state index in [1.807, 2.05) is 36.2 Å². The number of nitro benzene ring substituents is 1. The minimum absolute atomic E-state index is 0.0292. The van der Waals surface area contributed by atoms with E-state index < -0.39 is 4.92 Å². The molecular formula is C13H10N2O3. The van der Waals surface area contributed by atoms with Crippen LogP contribution in [0.5, 0.6) is 11.5 Å². The van der Waals surface area contributed by atoms with Gasteiger partial charge in [0.1, 0.15) is 0 Å². The Bertz CT molecular complexity index is 640. The van der Waals surface area contributed by atoms with Crippen molar-refractivity contribution >= 4 is 17.1 Å². The molecule has 0 saturated heterocycles. The first kappa shape index (κ1) is 10.6.